The second kappa shape index (κ2) is 2.72. The molecule has 0 amide bonds. The predicted molar refractivity (Wildman–Crippen MR) is 43.4 cm³/mol. The summed E-state index contributed by atoms with van der Waals surface area (Å²) < 4.78 is 0. The van der Waals surface area contributed by atoms with Crippen LogP contribution in [-0.2, 0) is 0 Å². The molecule has 2 nitrogen and oxygen atoms in total. The van der Waals surface area contributed by atoms with Crippen molar-refractivity contribution >= 4 is 16.3 Å². The zero-order valence-corrected chi connectivity index (χ0v) is 6.77. The standard InChI is InChI=1S/C7H8N2S/c1-9(2)7-6(5-8)3-4-10-7/h3-4H,1-2H3. The fourth-order valence-corrected chi connectivity index (χ4v) is 1.52. The molecule has 10 heavy (non-hydrogen) atoms. The summed E-state index contributed by atoms with van der Waals surface area (Å²) in [6.07, 6.45) is 0. The van der Waals surface area contributed by atoms with Gasteiger partial charge in [-0.15, -0.1) is 11.3 Å². The number of hydrogen-bond acceptors (Lipinski definition) is 3. The van der Waals surface area contributed by atoms with Gasteiger partial charge in [0.15, 0.2) is 0 Å². The number of anilines is 1. The van der Waals surface area contributed by atoms with Crippen molar-refractivity contribution in [2.75, 3.05) is 19.0 Å². The van der Waals surface area contributed by atoms with E-state index in [4.69, 9.17) is 5.26 Å². The molecule has 1 aromatic heterocycles. The molecule has 0 aromatic carbocycles. The van der Waals surface area contributed by atoms with Gasteiger partial charge in [0.1, 0.15) is 11.1 Å². The molecule has 0 N–H and O–H groups in total. The third-order valence-electron chi connectivity index (χ3n) is 1.17. The van der Waals surface area contributed by atoms with Gasteiger partial charge >= 0.3 is 0 Å². The van der Waals surface area contributed by atoms with E-state index < -0.39 is 0 Å². The van der Waals surface area contributed by atoms with Crippen LogP contribution in [0.1, 0.15) is 5.56 Å². The van der Waals surface area contributed by atoms with E-state index in [1.807, 2.05) is 30.4 Å². The van der Waals surface area contributed by atoms with Crippen molar-refractivity contribution in [2.24, 2.45) is 0 Å². The summed E-state index contributed by atoms with van der Waals surface area (Å²) in [5.74, 6) is 0. The summed E-state index contributed by atoms with van der Waals surface area (Å²) >= 11 is 1.59. The molecule has 0 saturated heterocycles. The lowest BCUT2D eigenvalue weighted by Crippen LogP contribution is -2.07. The molecule has 3 heteroatoms. The van der Waals surface area contributed by atoms with Crippen LogP contribution in [0.3, 0.4) is 0 Å². The van der Waals surface area contributed by atoms with Crippen LogP contribution in [0.2, 0.25) is 0 Å². The van der Waals surface area contributed by atoms with E-state index in [2.05, 4.69) is 6.07 Å². The molecule has 1 heterocycles. The summed E-state index contributed by atoms with van der Waals surface area (Å²) in [4.78, 5) is 1.95. The fraction of sp³-hybridized carbons (Fsp3) is 0.286. The highest BCUT2D eigenvalue weighted by atomic mass is 32.1. The largest absolute Gasteiger partial charge is 0.368 e. The summed E-state index contributed by atoms with van der Waals surface area (Å²) in [7, 11) is 3.87. The van der Waals surface area contributed by atoms with Crippen molar-refractivity contribution < 1.29 is 0 Å². The molecule has 0 unspecified atom stereocenters. The van der Waals surface area contributed by atoms with E-state index in [0.29, 0.717) is 0 Å². The van der Waals surface area contributed by atoms with Crippen LogP contribution in [-0.4, -0.2) is 14.1 Å². The molecule has 0 atom stereocenters. The molecule has 0 aliphatic carbocycles. The van der Waals surface area contributed by atoms with Crippen molar-refractivity contribution in [3.05, 3.63) is 17.0 Å². The second-order valence-corrected chi connectivity index (χ2v) is 3.04. The van der Waals surface area contributed by atoms with Crippen LogP contribution in [0.15, 0.2) is 11.4 Å². The van der Waals surface area contributed by atoms with E-state index in [1.165, 1.54) is 0 Å². The zero-order chi connectivity index (χ0) is 7.56. The lowest BCUT2D eigenvalue weighted by molar-refractivity contribution is 1.15. The van der Waals surface area contributed by atoms with E-state index in [9.17, 15) is 0 Å². The van der Waals surface area contributed by atoms with Gasteiger partial charge in [-0.3, -0.25) is 0 Å². The third-order valence-corrected chi connectivity index (χ3v) is 2.25. The lowest BCUT2D eigenvalue weighted by atomic mass is 10.3. The Morgan fingerprint density at radius 2 is 2.30 bits per heavy atom. The summed E-state index contributed by atoms with van der Waals surface area (Å²) in [5.41, 5.74) is 0.759. The van der Waals surface area contributed by atoms with Crippen molar-refractivity contribution in [3.8, 4) is 6.07 Å². The molecule has 52 valence electrons. The molecule has 0 radical (unpaired) electrons. The highest BCUT2D eigenvalue weighted by Gasteiger charge is 2.03. The Morgan fingerprint density at radius 3 is 2.70 bits per heavy atom. The van der Waals surface area contributed by atoms with Gasteiger partial charge in [-0.1, -0.05) is 0 Å². The molecule has 0 spiro atoms. The first kappa shape index (κ1) is 7.10. The van der Waals surface area contributed by atoms with Crippen molar-refractivity contribution in [1.29, 1.82) is 5.26 Å². The molecule has 0 saturated carbocycles. The van der Waals surface area contributed by atoms with Gasteiger partial charge in [0.05, 0.1) is 5.56 Å². The Kier molecular flexibility index (Phi) is 1.93. The Balaban J connectivity index is 3.05. The monoisotopic (exact) mass is 152 g/mol. The van der Waals surface area contributed by atoms with Gasteiger partial charge in [0, 0.05) is 14.1 Å². The average Bonchev–Trinajstić information content (AvgIpc) is 2.33. The summed E-state index contributed by atoms with van der Waals surface area (Å²) in [6.45, 7) is 0. The van der Waals surface area contributed by atoms with E-state index in [0.717, 1.165) is 10.6 Å². The van der Waals surface area contributed by atoms with E-state index >= 15 is 0 Å². The maximum atomic E-state index is 8.59. The Labute approximate surface area is 64.3 Å². The molecular formula is C7H8N2S. The maximum absolute atomic E-state index is 8.59. The highest BCUT2D eigenvalue weighted by Crippen LogP contribution is 2.24. The van der Waals surface area contributed by atoms with Crippen molar-refractivity contribution in [2.45, 2.75) is 0 Å². The summed E-state index contributed by atoms with van der Waals surface area (Å²) in [6, 6.07) is 3.96. The van der Waals surface area contributed by atoms with Gasteiger partial charge in [0.25, 0.3) is 0 Å². The van der Waals surface area contributed by atoms with Crippen LogP contribution >= 0.6 is 11.3 Å². The zero-order valence-electron chi connectivity index (χ0n) is 5.96. The minimum atomic E-state index is 0.759. The molecule has 1 rings (SSSR count). The van der Waals surface area contributed by atoms with Gasteiger partial charge < -0.3 is 4.90 Å². The van der Waals surface area contributed by atoms with E-state index in [-0.39, 0.29) is 0 Å². The number of hydrogen-bond donors (Lipinski definition) is 0. The first-order valence-electron chi connectivity index (χ1n) is 2.90. The average molecular weight is 152 g/mol. The Morgan fingerprint density at radius 1 is 1.60 bits per heavy atom. The SMILES string of the molecule is CN(C)c1sccc1C#N. The minimum absolute atomic E-state index is 0.759. The maximum Gasteiger partial charge on any atom is 0.108 e. The molecule has 0 fully saturated rings. The lowest BCUT2D eigenvalue weighted by Gasteiger charge is -2.08. The molecule has 0 aliphatic heterocycles. The number of thiophene rings is 1. The summed E-state index contributed by atoms with van der Waals surface area (Å²) in [5, 5.41) is 11.5. The first-order chi connectivity index (χ1) is 4.75. The van der Waals surface area contributed by atoms with Gasteiger partial charge in [-0.05, 0) is 11.4 Å². The topological polar surface area (TPSA) is 27.0 Å². The fourth-order valence-electron chi connectivity index (χ4n) is 0.733. The second-order valence-electron chi connectivity index (χ2n) is 2.15. The first-order valence-corrected chi connectivity index (χ1v) is 3.78. The van der Waals surface area contributed by atoms with Gasteiger partial charge in [0.2, 0.25) is 0 Å². The highest BCUT2D eigenvalue weighted by molar-refractivity contribution is 7.14. The molecule has 1 aromatic rings. The Bertz CT molecular complexity index is 257. The normalized spacial score (nSPS) is 8.90. The van der Waals surface area contributed by atoms with Gasteiger partial charge in [-0.2, -0.15) is 5.26 Å². The minimum Gasteiger partial charge on any atom is -0.368 e. The van der Waals surface area contributed by atoms with Crippen molar-refractivity contribution in [3.63, 3.8) is 0 Å². The van der Waals surface area contributed by atoms with Crippen LogP contribution in [0.5, 0.6) is 0 Å². The molecule has 0 bridgehead atoms. The predicted octanol–water partition coefficient (Wildman–Crippen LogP) is 1.69. The molecule has 0 aliphatic rings. The van der Waals surface area contributed by atoms with E-state index in [1.54, 1.807) is 11.3 Å². The molecular weight excluding hydrogens is 144 g/mol. The van der Waals surface area contributed by atoms with Crippen LogP contribution in [0, 0.1) is 11.3 Å². The quantitative estimate of drug-likeness (QED) is 0.612. The number of rotatable bonds is 1. The number of nitriles is 1. The smallest absolute Gasteiger partial charge is 0.108 e. The number of nitrogens with zero attached hydrogens (tertiary/aromatic N) is 2. The third kappa shape index (κ3) is 1.12. The van der Waals surface area contributed by atoms with Crippen LogP contribution in [0.25, 0.3) is 0 Å². The van der Waals surface area contributed by atoms with Crippen molar-refractivity contribution in [1.82, 2.24) is 0 Å². The Hall–Kier alpha value is -1.01. The van der Waals surface area contributed by atoms with Gasteiger partial charge in [-0.25, -0.2) is 0 Å². The van der Waals surface area contributed by atoms with Crippen LogP contribution < -0.4 is 4.90 Å². The van der Waals surface area contributed by atoms with Crippen LogP contribution in [0.4, 0.5) is 5.00 Å².